The first-order valence-electron chi connectivity index (χ1n) is 12.2. The van der Waals surface area contributed by atoms with Gasteiger partial charge >= 0.3 is 0 Å². The van der Waals surface area contributed by atoms with Gasteiger partial charge in [0, 0.05) is 60.6 Å². The molecule has 4 heterocycles. The molecule has 6 rings (SSSR count). The average Bonchev–Trinajstić information content (AvgIpc) is 3.27. The van der Waals surface area contributed by atoms with Gasteiger partial charge in [-0.25, -0.2) is 4.98 Å². The van der Waals surface area contributed by atoms with Crippen LogP contribution in [-0.4, -0.2) is 46.5 Å². The molecule has 2 aliphatic heterocycles. The van der Waals surface area contributed by atoms with E-state index in [4.69, 9.17) is 4.98 Å². The van der Waals surface area contributed by atoms with Crippen molar-refractivity contribution in [1.82, 2.24) is 19.9 Å². The number of anilines is 3. The Balaban J connectivity index is 1.31. The zero-order chi connectivity index (χ0) is 23.4. The maximum absolute atomic E-state index is 13.4. The Kier molecular flexibility index (Phi) is 4.95. The second-order valence-corrected chi connectivity index (χ2v) is 10.2. The summed E-state index contributed by atoms with van der Waals surface area (Å²) in [5.74, 6) is 0.241. The summed E-state index contributed by atoms with van der Waals surface area (Å²) in [5, 5.41) is 7.43. The highest BCUT2D eigenvalue weighted by Gasteiger charge is 2.47. The predicted octanol–water partition coefficient (Wildman–Crippen LogP) is 3.57. The summed E-state index contributed by atoms with van der Waals surface area (Å²) in [7, 11) is 0. The number of Topliss-reactive ketones (excluding diaryl/α,β-unsaturated/α-hetero) is 1. The first kappa shape index (κ1) is 21.3. The van der Waals surface area contributed by atoms with Gasteiger partial charge in [-0.2, -0.15) is 4.98 Å². The Morgan fingerprint density at radius 2 is 1.85 bits per heavy atom. The molecule has 8 heteroatoms. The lowest BCUT2D eigenvalue weighted by molar-refractivity contribution is 0.101. The molecule has 1 saturated carbocycles. The number of nitrogens with one attached hydrogen (secondary N) is 2. The summed E-state index contributed by atoms with van der Waals surface area (Å²) in [6.45, 7) is 7.75. The SMILES string of the molecule is CC(=O)c1c(C)c2cnc(Nc3ccc(N4CC5(CNC5)C4)cc3)nc2n(C2CCCC2)c1=O. The minimum Gasteiger partial charge on any atom is -0.370 e. The van der Waals surface area contributed by atoms with Crippen molar-refractivity contribution < 1.29 is 4.79 Å². The standard InChI is InChI=1S/C26H30N6O2/c1-16-21-11-28-25(29-18-7-9-19(10-8-18)31-14-26(15-31)12-27-13-26)30-23(21)32(20-5-3-4-6-20)24(34)22(16)17(2)33/h7-11,20,27H,3-6,12-15H2,1-2H3,(H,28,29,30). The van der Waals surface area contributed by atoms with E-state index in [-0.39, 0.29) is 22.9 Å². The summed E-state index contributed by atoms with van der Waals surface area (Å²) in [6, 6.07) is 8.41. The van der Waals surface area contributed by atoms with Crippen LogP contribution in [-0.2, 0) is 0 Å². The Labute approximate surface area is 198 Å². The summed E-state index contributed by atoms with van der Waals surface area (Å²) >= 11 is 0. The molecule has 3 aliphatic rings. The summed E-state index contributed by atoms with van der Waals surface area (Å²) in [5.41, 5.74) is 3.91. The second kappa shape index (κ2) is 7.91. The van der Waals surface area contributed by atoms with Gasteiger partial charge in [-0.05, 0) is 56.5 Å². The van der Waals surface area contributed by atoms with Crippen LogP contribution in [0.5, 0.6) is 0 Å². The number of carbonyl (C=O) groups excluding carboxylic acids is 1. The van der Waals surface area contributed by atoms with E-state index in [9.17, 15) is 9.59 Å². The first-order valence-corrected chi connectivity index (χ1v) is 12.2. The van der Waals surface area contributed by atoms with E-state index in [0.29, 0.717) is 22.6 Å². The van der Waals surface area contributed by atoms with E-state index in [1.54, 1.807) is 10.8 Å². The van der Waals surface area contributed by atoms with Crippen molar-refractivity contribution in [2.45, 2.75) is 45.6 Å². The van der Waals surface area contributed by atoms with Crippen molar-refractivity contribution in [1.29, 1.82) is 0 Å². The second-order valence-electron chi connectivity index (χ2n) is 10.2. The van der Waals surface area contributed by atoms with E-state index in [1.165, 1.54) is 12.6 Å². The van der Waals surface area contributed by atoms with Gasteiger partial charge in [0.1, 0.15) is 5.65 Å². The Hall–Kier alpha value is -3.26. The van der Waals surface area contributed by atoms with Gasteiger partial charge in [0.15, 0.2) is 5.78 Å². The molecule has 1 spiro atoms. The number of aryl methyl sites for hydroxylation is 1. The zero-order valence-electron chi connectivity index (χ0n) is 19.7. The summed E-state index contributed by atoms with van der Waals surface area (Å²) in [6.07, 6.45) is 5.75. The molecule has 34 heavy (non-hydrogen) atoms. The van der Waals surface area contributed by atoms with Gasteiger partial charge in [-0.15, -0.1) is 0 Å². The highest BCUT2D eigenvalue weighted by Crippen LogP contribution is 2.38. The molecule has 2 N–H and O–H groups in total. The Morgan fingerprint density at radius 1 is 1.15 bits per heavy atom. The van der Waals surface area contributed by atoms with E-state index < -0.39 is 0 Å². The van der Waals surface area contributed by atoms with Crippen molar-refractivity contribution in [2.24, 2.45) is 5.41 Å². The third kappa shape index (κ3) is 3.39. The van der Waals surface area contributed by atoms with Gasteiger partial charge in [0.05, 0.1) is 5.56 Å². The van der Waals surface area contributed by atoms with Crippen LogP contribution in [0.3, 0.4) is 0 Å². The van der Waals surface area contributed by atoms with Crippen LogP contribution in [0.1, 0.15) is 54.6 Å². The van der Waals surface area contributed by atoms with Crippen molar-refractivity contribution in [3.05, 3.63) is 51.9 Å². The quantitative estimate of drug-likeness (QED) is 0.565. The number of aromatic nitrogens is 3. The lowest BCUT2D eigenvalue weighted by atomic mass is 9.74. The Bertz CT molecular complexity index is 1330. The number of fused-ring (bicyclic) bond motifs is 1. The lowest BCUT2D eigenvalue weighted by Crippen LogP contribution is -2.71. The van der Waals surface area contributed by atoms with Crippen LogP contribution < -0.4 is 21.1 Å². The normalized spacial score (nSPS) is 19.3. The van der Waals surface area contributed by atoms with Gasteiger partial charge in [0.25, 0.3) is 5.56 Å². The number of ketones is 1. The number of benzene rings is 1. The Morgan fingerprint density at radius 3 is 2.47 bits per heavy atom. The predicted molar refractivity (Wildman–Crippen MR) is 133 cm³/mol. The molecule has 0 bridgehead atoms. The fraction of sp³-hybridized carbons (Fsp3) is 0.462. The largest absolute Gasteiger partial charge is 0.370 e. The van der Waals surface area contributed by atoms with Gasteiger partial charge in [-0.1, -0.05) is 12.8 Å². The summed E-state index contributed by atoms with van der Waals surface area (Å²) in [4.78, 5) is 37.4. The van der Waals surface area contributed by atoms with Crippen molar-refractivity contribution in [3.8, 4) is 0 Å². The van der Waals surface area contributed by atoms with Gasteiger partial charge in [-0.3, -0.25) is 14.2 Å². The molecule has 0 unspecified atom stereocenters. The molecule has 1 aromatic carbocycles. The first-order chi connectivity index (χ1) is 16.4. The summed E-state index contributed by atoms with van der Waals surface area (Å²) < 4.78 is 1.75. The highest BCUT2D eigenvalue weighted by molar-refractivity contribution is 5.99. The van der Waals surface area contributed by atoms with E-state index >= 15 is 0 Å². The minimum atomic E-state index is -0.229. The van der Waals surface area contributed by atoms with Crippen LogP contribution in [0.25, 0.3) is 11.0 Å². The molecule has 3 fully saturated rings. The highest BCUT2D eigenvalue weighted by atomic mass is 16.1. The molecule has 0 amide bonds. The van der Waals surface area contributed by atoms with E-state index in [2.05, 4.69) is 32.7 Å². The molecular weight excluding hydrogens is 428 g/mol. The molecule has 1 aliphatic carbocycles. The molecule has 176 valence electrons. The topological polar surface area (TPSA) is 92.2 Å². The van der Waals surface area contributed by atoms with Crippen molar-refractivity contribution >= 4 is 34.1 Å². The number of carbonyl (C=O) groups is 1. The van der Waals surface area contributed by atoms with Crippen molar-refractivity contribution in [2.75, 3.05) is 36.4 Å². The van der Waals surface area contributed by atoms with Crippen LogP contribution in [0.2, 0.25) is 0 Å². The molecule has 3 aromatic rings. The number of pyridine rings is 1. The molecule has 8 nitrogen and oxygen atoms in total. The third-order valence-corrected chi connectivity index (χ3v) is 7.79. The number of hydrogen-bond acceptors (Lipinski definition) is 7. The van der Waals surface area contributed by atoms with Crippen LogP contribution in [0.15, 0.2) is 35.3 Å². The number of rotatable bonds is 5. The van der Waals surface area contributed by atoms with Crippen LogP contribution in [0.4, 0.5) is 17.3 Å². The fourth-order valence-corrected chi connectivity index (χ4v) is 5.84. The molecule has 2 saturated heterocycles. The van der Waals surface area contributed by atoms with Crippen LogP contribution in [0, 0.1) is 12.3 Å². The lowest BCUT2D eigenvalue weighted by Gasteiger charge is -2.57. The smallest absolute Gasteiger partial charge is 0.263 e. The minimum absolute atomic E-state index is 0.0708. The van der Waals surface area contributed by atoms with Gasteiger partial charge < -0.3 is 15.5 Å². The van der Waals surface area contributed by atoms with E-state index in [1.807, 2.05) is 19.1 Å². The monoisotopic (exact) mass is 458 g/mol. The maximum Gasteiger partial charge on any atom is 0.263 e. The fourth-order valence-electron chi connectivity index (χ4n) is 5.84. The molecular formula is C26H30N6O2. The molecule has 2 aromatic heterocycles. The zero-order valence-corrected chi connectivity index (χ0v) is 19.7. The third-order valence-electron chi connectivity index (χ3n) is 7.79. The van der Waals surface area contributed by atoms with Crippen molar-refractivity contribution in [3.63, 3.8) is 0 Å². The van der Waals surface area contributed by atoms with E-state index in [0.717, 1.165) is 62.9 Å². The number of hydrogen-bond donors (Lipinski definition) is 2. The average molecular weight is 459 g/mol. The maximum atomic E-state index is 13.4. The van der Waals surface area contributed by atoms with Gasteiger partial charge in [0.2, 0.25) is 5.95 Å². The molecule has 0 radical (unpaired) electrons. The van der Waals surface area contributed by atoms with Crippen LogP contribution >= 0.6 is 0 Å². The number of nitrogens with zero attached hydrogens (tertiary/aromatic N) is 4. The molecule has 0 atom stereocenters.